The molecular formula is C7H3Cl2NOS. The molecule has 0 fully saturated rings. The van der Waals surface area contributed by atoms with Crippen LogP contribution in [0.5, 0.6) is 5.75 Å². The Bertz CT molecular complexity index is 348. The van der Waals surface area contributed by atoms with E-state index < -0.39 is 0 Å². The number of nitrogens with zero attached hydrogens (tertiary/aromatic N) is 1. The fourth-order valence-corrected chi connectivity index (χ4v) is 1.57. The molecule has 0 radical (unpaired) electrons. The molecule has 1 rings (SSSR count). The third-order valence-electron chi connectivity index (χ3n) is 1.18. The number of rotatable bonds is 1. The molecule has 0 aromatic heterocycles. The van der Waals surface area contributed by atoms with Crippen molar-refractivity contribution in [2.75, 3.05) is 0 Å². The highest BCUT2D eigenvalue weighted by atomic mass is 35.5. The van der Waals surface area contributed by atoms with E-state index >= 15 is 0 Å². The minimum absolute atomic E-state index is 0.0797. The van der Waals surface area contributed by atoms with E-state index in [2.05, 4.69) is 0 Å². The highest BCUT2D eigenvalue weighted by Gasteiger charge is 2.08. The Labute approximate surface area is 83.7 Å². The van der Waals surface area contributed by atoms with Gasteiger partial charge in [0.1, 0.15) is 16.2 Å². The summed E-state index contributed by atoms with van der Waals surface area (Å²) < 4.78 is 0. The lowest BCUT2D eigenvalue weighted by molar-refractivity contribution is 0.475. The number of thioether (sulfide) groups is 1. The van der Waals surface area contributed by atoms with Crippen molar-refractivity contribution in [3.63, 3.8) is 0 Å². The van der Waals surface area contributed by atoms with Gasteiger partial charge in [0.25, 0.3) is 0 Å². The van der Waals surface area contributed by atoms with Crippen LogP contribution >= 0.6 is 35.0 Å². The lowest BCUT2D eigenvalue weighted by atomic mass is 10.3. The molecule has 1 N–H and O–H groups in total. The third-order valence-corrected chi connectivity index (χ3v) is 2.82. The molecule has 62 valence electrons. The molecule has 1 aromatic carbocycles. The molecule has 5 heteroatoms. The normalized spacial score (nSPS) is 9.42. The maximum absolute atomic E-state index is 9.08. The Balaban J connectivity index is 3.19. The molecule has 1 aromatic rings. The van der Waals surface area contributed by atoms with Gasteiger partial charge in [-0.3, -0.25) is 0 Å². The molecule has 0 amide bonds. The molecule has 0 saturated heterocycles. The van der Waals surface area contributed by atoms with Crippen LogP contribution in [0.4, 0.5) is 0 Å². The minimum Gasteiger partial charge on any atom is -0.506 e. The highest BCUT2D eigenvalue weighted by molar-refractivity contribution is 8.03. The number of hydrogen-bond acceptors (Lipinski definition) is 3. The number of nitriles is 1. The standard InChI is InChI=1S/C7H3Cl2NOS/c8-6-4(11)1-2-5(7(6)9)12-3-10/h1-2,11H. The van der Waals surface area contributed by atoms with E-state index in [0.717, 1.165) is 11.8 Å². The van der Waals surface area contributed by atoms with Crippen LogP contribution in [0.25, 0.3) is 0 Å². The molecule has 0 aliphatic heterocycles. The summed E-state index contributed by atoms with van der Waals surface area (Å²) in [6.07, 6.45) is 0. The summed E-state index contributed by atoms with van der Waals surface area (Å²) in [4.78, 5) is 0.543. The maximum Gasteiger partial charge on any atom is 0.138 e. The quantitative estimate of drug-likeness (QED) is 0.583. The second-order valence-corrected chi connectivity index (χ2v) is 3.49. The van der Waals surface area contributed by atoms with Gasteiger partial charge in [-0.15, -0.1) is 0 Å². The SMILES string of the molecule is N#CSc1ccc(O)c(Cl)c1Cl. The van der Waals surface area contributed by atoms with Gasteiger partial charge in [0.15, 0.2) is 0 Å². The lowest BCUT2D eigenvalue weighted by Crippen LogP contribution is -1.75. The van der Waals surface area contributed by atoms with Gasteiger partial charge in [-0.05, 0) is 23.9 Å². The van der Waals surface area contributed by atoms with Crippen LogP contribution < -0.4 is 0 Å². The first-order chi connectivity index (χ1) is 5.66. The summed E-state index contributed by atoms with van der Waals surface area (Å²) in [7, 11) is 0. The van der Waals surface area contributed by atoms with E-state index in [1.165, 1.54) is 12.1 Å². The number of aromatic hydroxyl groups is 1. The topological polar surface area (TPSA) is 44.0 Å². The van der Waals surface area contributed by atoms with E-state index in [-0.39, 0.29) is 15.8 Å². The van der Waals surface area contributed by atoms with Crippen LogP contribution in [-0.2, 0) is 0 Å². The van der Waals surface area contributed by atoms with Gasteiger partial charge >= 0.3 is 0 Å². The van der Waals surface area contributed by atoms with Crippen molar-refractivity contribution >= 4 is 35.0 Å². The summed E-state index contributed by atoms with van der Waals surface area (Å²) in [5, 5.41) is 19.6. The van der Waals surface area contributed by atoms with Crippen molar-refractivity contribution in [1.82, 2.24) is 0 Å². The van der Waals surface area contributed by atoms with Gasteiger partial charge in [-0.1, -0.05) is 23.2 Å². The number of benzene rings is 1. The van der Waals surface area contributed by atoms with Crippen LogP contribution in [0.3, 0.4) is 0 Å². The summed E-state index contributed by atoms with van der Waals surface area (Å²) in [5.41, 5.74) is 0. The fourth-order valence-electron chi connectivity index (χ4n) is 0.650. The number of thiocyanates is 1. The molecule has 0 aliphatic rings. The first-order valence-corrected chi connectivity index (χ1v) is 4.47. The van der Waals surface area contributed by atoms with E-state index in [0.29, 0.717) is 4.90 Å². The number of phenolic OH excluding ortho intramolecular Hbond substituents is 1. The molecule has 2 nitrogen and oxygen atoms in total. The Morgan fingerprint density at radius 2 is 2.00 bits per heavy atom. The highest BCUT2D eigenvalue weighted by Crippen LogP contribution is 2.37. The predicted octanol–water partition coefficient (Wildman–Crippen LogP) is 3.27. The number of phenols is 1. The van der Waals surface area contributed by atoms with Crippen molar-refractivity contribution < 1.29 is 5.11 Å². The summed E-state index contributed by atoms with van der Waals surface area (Å²) in [6, 6.07) is 2.94. The van der Waals surface area contributed by atoms with E-state index in [9.17, 15) is 0 Å². The van der Waals surface area contributed by atoms with Crippen molar-refractivity contribution in [2.24, 2.45) is 0 Å². The Hall–Kier alpha value is -0.560. The monoisotopic (exact) mass is 219 g/mol. The molecule has 0 saturated carbocycles. The van der Waals surface area contributed by atoms with Crippen LogP contribution in [0, 0.1) is 10.7 Å². The molecule has 0 bridgehead atoms. The van der Waals surface area contributed by atoms with Crippen LogP contribution in [0.15, 0.2) is 17.0 Å². The lowest BCUT2D eigenvalue weighted by Gasteiger charge is -2.01. The number of hydrogen-bond donors (Lipinski definition) is 1. The first kappa shape index (κ1) is 9.53. The van der Waals surface area contributed by atoms with Crippen LogP contribution in [-0.4, -0.2) is 5.11 Å². The summed E-state index contributed by atoms with van der Waals surface area (Å²) >= 11 is 12.2. The van der Waals surface area contributed by atoms with Crippen LogP contribution in [0.2, 0.25) is 10.0 Å². The second kappa shape index (κ2) is 3.90. The molecule has 0 spiro atoms. The zero-order chi connectivity index (χ0) is 9.14. The number of halogens is 2. The van der Waals surface area contributed by atoms with Gasteiger partial charge in [0.05, 0.1) is 5.02 Å². The maximum atomic E-state index is 9.08. The molecule has 12 heavy (non-hydrogen) atoms. The van der Waals surface area contributed by atoms with Crippen molar-refractivity contribution in [3.05, 3.63) is 22.2 Å². The van der Waals surface area contributed by atoms with Gasteiger partial charge in [0.2, 0.25) is 0 Å². The first-order valence-electron chi connectivity index (χ1n) is 2.89. The summed E-state index contributed by atoms with van der Waals surface area (Å²) in [6.45, 7) is 0. The molecule has 0 atom stereocenters. The summed E-state index contributed by atoms with van der Waals surface area (Å²) in [5.74, 6) is -0.0797. The van der Waals surface area contributed by atoms with Gasteiger partial charge in [-0.2, -0.15) is 5.26 Å². The third kappa shape index (κ3) is 1.78. The smallest absolute Gasteiger partial charge is 0.138 e. The molecule has 0 unspecified atom stereocenters. The second-order valence-electron chi connectivity index (χ2n) is 1.90. The van der Waals surface area contributed by atoms with Crippen LogP contribution in [0.1, 0.15) is 0 Å². The van der Waals surface area contributed by atoms with E-state index in [4.69, 9.17) is 33.6 Å². The average molecular weight is 220 g/mol. The largest absolute Gasteiger partial charge is 0.506 e. The van der Waals surface area contributed by atoms with E-state index in [1.54, 1.807) is 0 Å². The van der Waals surface area contributed by atoms with Crippen molar-refractivity contribution in [1.29, 1.82) is 5.26 Å². The molecular weight excluding hydrogens is 217 g/mol. The van der Waals surface area contributed by atoms with Gasteiger partial charge < -0.3 is 5.11 Å². The average Bonchev–Trinajstić information content (AvgIpc) is 2.07. The van der Waals surface area contributed by atoms with Crippen molar-refractivity contribution in [3.8, 4) is 11.2 Å². The minimum atomic E-state index is -0.0797. The zero-order valence-corrected chi connectivity index (χ0v) is 8.04. The molecule has 0 aliphatic carbocycles. The van der Waals surface area contributed by atoms with E-state index in [1.807, 2.05) is 5.40 Å². The molecule has 0 heterocycles. The van der Waals surface area contributed by atoms with Gasteiger partial charge in [-0.25, -0.2) is 0 Å². The fraction of sp³-hybridized carbons (Fsp3) is 0. The predicted molar refractivity (Wildman–Crippen MR) is 49.6 cm³/mol. The van der Waals surface area contributed by atoms with Crippen molar-refractivity contribution in [2.45, 2.75) is 4.90 Å². The Morgan fingerprint density at radius 1 is 1.33 bits per heavy atom. The Kier molecular flexibility index (Phi) is 3.10. The Morgan fingerprint density at radius 3 is 2.58 bits per heavy atom. The van der Waals surface area contributed by atoms with Gasteiger partial charge in [0, 0.05) is 4.90 Å². The zero-order valence-electron chi connectivity index (χ0n) is 5.71.